The number of thioether (sulfide) groups is 1. The Balaban J connectivity index is 1.61. The lowest BCUT2D eigenvalue weighted by molar-refractivity contribution is -0.384. The van der Waals surface area contributed by atoms with Gasteiger partial charge in [-0.05, 0) is 25.1 Å². The Morgan fingerprint density at radius 2 is 1.76 bits per heavy atom. The molecule has 0 fully saturated rings. The highest BCUT2D eigenvalue weighted by atomic mass is 35.5. The first-order valence-corrected chi connectivity index (χ1v) is 11.4. The maximum atomic E-state index is 12.4. The molecule has 2 aromatic carbocycles. The third-order valence-electron chi connectivity index (χ3n) is 4.34. The molecule has 0 aliphatic carbocycles. The second-order valence-electron chi connectivity index (χ2n) is 6.61. The van der Waals surface area contributed by atoms with Crippen molar-refractivity contribution in [3.05, 3.63) is 68.4 Å². The summed E-state index contributed by atoms with van der Waals surface area (Å²) in [6.45, 7) is 2.36. The van der Waals surface area contributed by atoms with Crippen LogP contribution < -0.4 is 10.6 Å². The average Bonchev–Trinajstić information content (AvgIpc) is 3.16. The van der Waals surface area contributed by atoms with Crippen molar-refractivity contribution >= 4 is 63.8 Å². The number of nitro benzene ring substituents is 1. The minimum Gasteiger partial charge on any atom is -0.324 e. The number of hydrogen-bond donors (Lipinski definition) is 2. The van der Waals surface area contributed by atoms with E-state index in [2.05, 4.69) is 20.8 Å². The first kappa shape index (κ1) is 24.5. The largest absolute Gasteiger partial charge is 0.324 e. The van der Waals surface area contributed by atoms with Gasteiger partial charge in [0.1, 0.15) is 5.82 Å². The van der Waals surface area contributed by atoms with Gasteiger partial charge in [0.25, 0.3) is 5.69 Å². The van der Waals surface area contributed by atoms with Crippen molar-refractivity contribution in [1.82, 2.24) is 14.8 Å². The predicted octanol–water partition coefficient (Wildman–Crippen LogP) is 4.43. The van der Waals surface area contributed by atoms with Gasteiger partial charge in [0.05, 0.1) is 38.5 Å². The van der Waals surface area contributed by atoms with E-state index in [-0.39, 0.29) is 34.5 Å². The average molecular weight is 509 g/mol. The summed E-state index contributed by atoms with van der Waals surface area (Å²) in [5.74, 6) is -0.333. The summed E-state index contributed by atoms with van der Waals surface area (Å²) in [4.78, 5) is 35.1. The van der Waals surface area contributed by atoms with Gasteiger partial charge < -0.3 is 15.2 Å². The number of anilines is 2. The van der Waals surface area contributed by atoms with Crippen LogP contribution in [0.3, 0.4) is 0 Å². The van der Waals surface area contributed by atoms with Crippen molar-refractivity contribution in [1.29, 1.82) is 0 Å². The quantitative estimate of drug-likeness (QED) is 0.248. The van der Waals surface area contributed by atoms with E-state index in [1.165, 1.54) is 18.2 Å². The Hall–Kier alpha value is -3.15. The highest BCUT2D eigenvalue weighted by Crippen LogP contribution is 2.27. The third kappa shape index (κ3) is 6.44. The smallest absolute Gasteiger partial charge is 0.271 e. The molecule has 1 heterocycles. The van der Waals surface area contributed by atoms with Crippen molar-refractivity contribution in [2.75, 3.05) is 16.4 Å². The standard InChI is InChI=1S/C20H18Cl2N6O4S/c1-2-27-17(10-18(29)23-15-6-4-3-5-13(15)21)25-26-20(27)33-11-19(30)24-16-9-12(28(31)32)7-8-14(16)22/h3-9H,2,10-11H2,1H3,(H,23,29)(H,24,30). The monoisotopic (exact) mass is 508 g/mol. The van der Waals surface area contributed by atoms with Crippen LogP contribution in [-0.4, -0.2) is 37.3 Å². The summed E-state index contributed by atoms with van der Waals surface area (Å²) < 4.78 is 1.73. The number of rotatable bonds is 9. The van der Waals surface area contributed by atoms with E-state index in [1.54, 1.807) is 28.8 Å². The molecule has 13 heteroatoms. The molecule has 0 bridgehead atoms. The fourth-order valence-electron chi connectivity index (χ4n) is 2.81. The lowest BCUT2D eigenvalue weighted by Gasteiger charge is -2.09. The number of hydrogen-bond acceptors (Lipinski definition) is 7. The van der Waals surface area contributed by atoms with Crippen LogP contribution >= 0.6 is 35.0 Å². The van der Waals surface area contributed by atoms with Gasteiger partial charge in [-0.2, -0.15) is 0 Å². The summed E-state index contributed by atoms with van der Waals surface area (Å²) in [5, 5.41) is 25.4. The van der Waals surface area contributed by atoms with Gasteiger partial charge in [-0.25, -0.2) is 0 Å². The molecule has 0 saturated heterocycles. The molecule has 0 aliphatic heterocycles. The summed E-state index contributed by atoms with van der Waals surface area (Å²) in [6, 6.07) is 10.7. The van der Waals surface area contributed by atoms with Crippen molar-refractivity contribution in [3.8, 4) is 0 Å². The second kappa shape index (κ2) is 11.1. The van der Waals surface area contributed by atoms with Crippen molar-refractivity contribution in [2.45, 2.75) is 25.0 Å². The summed E-state index contributed by atoms with van der Waals surface area (Å²) >= 11 is 13.2. The number of carbonyl (C=O) groups excluding carboxylic acids is 2. The zero-order valence-electron chi connectivity index (χ0n) is 17.2. The van der Waals surface area contributed by atoms with Crippen molar-refractivity contribution in [2.24, 2.45) is 0 Å². The maximum absolute atomic E-state index is 12.4. The van der Waals surface area contributed by atoms with Crippen LogP contribution in [0.15, 0.2) is 47.6 Å². The maximum Gasteiger partial charge on any atom is 0.271 e. The van der Waals surface area contributed by atoms with Crippen LogP contribution in [0.25, 0.3) is 0 Å². The second-order valence-corrected chi connectivity index (χ2v) is 8.36. The number of aromatic nitrogens is 3. The Morgan fingerprint density at radius 3 is 2.45 bits per heavy atom. The minimum atomic E-state index is -0.576. The molecule has 0 spiro atoms. The van der Waals surface area contributed by atoms with Gasteiger partial charge in [-0.15, -0.1) is 10.2 Å². The molecule has 3 aromatic rings. The van der Waals surface area contributed by atoms with Gasteiger partial charge in [-0.1, -0.05) is 47.1 Å². The van der Waals surface area contributed by atoms with Crippen molar-refractivity contribution in [3.63, 3.8) is 0 Å². The molecule has 0 saturated carbocycles. The Labute approximate surface area is 202 Å². The normalized spacial score (nSPS) is 10.6. The number of nitrogens with one attached hydrogen (secondary N) is 2. The van der Waals surface area contributed by atoms with Crippen LogP contribution in [-0.2, 0) is 22.6 Å². The first-order valence-electron chi connectivity index (χ1n) is 9.61. The molecule has 0 aliphatic rings. The highest BCUT2D eigenvalue weighted by molar-refractivity contribution is 7.99. The number of nitro groups is 1. The minimum absolute atomic E-state index is 0.0257. The molecule has 2 amide bonds. The van der Waals surface area contributed by atoms with Crippen molar-refractivity contribution < 1.29 is 14.5 Å². The summed E-state index contributed by atoms with van der Waals surface area (Å²) in [6.07, 6.45) is -0.0257. The molecule has 10 nitrogen and oxygen atoms in total. The van der Waals surface area contributed by atoms with Gasteiger partial charge in [0.2, 0.25) is 11.8 Å². The van der Waals surface area contributed by atoms with Crippen LogP contribution in [0.5, 0.6) is 0 Å². The zero-order valence-corrected chi connectivity index (χ0v) is 19.6. The van der Waals surface area contributed by atoms with E-state index >= 15 is 0 Å². The molecular weight excluding hydrogens is 491 g/mol. The van der Waals surface area contributed by atoms with E-state index < -0.39 is 10.8 Å². The number of para-hydroxylation sites is 1. The Bertz CT molecular complexity index is 1200. The highest BCUT2D eigenvalue weighted by Gasteiger charge is 2.17. The SMILES string of the molecule is CCn1c(CC(=O)Nc2ccccc2Cl)nnc1SCC(=O)Nc1cc([N+](=O)[O-])ccc1Cl. The van der Waals surface area contributed by atoms with E-state index in [0.29, 0.717) is 28.2 Å². The lowest BCUT2D eigenvalue weighted by atomic mass is 10.3. The van der Waals surface area contributed by atoms with E-state index in [1.807, 2.05) is 6.92 Å². The molecule has 33 heavy (non-hydrogen) atoms. The van der Waals surface area contributed by atoms with Crippen LogP contribution in [0.4, 0.5) is 17.1 Å². The number of non-ortho nitro benzene ring substituents is 1. The number of amides is 2. The first-order chi connectivity index (χ1) is 15.8. The Morgan fingerprint density at radius 1 is 1.06 bits per heavy atom. The van der Waals surface area contributed by atoms with E-state index in [4.69, 9.17) is 23.2 Å². The van der Waals surface area contributed by atoms with Gasteiger partial charge >= 0.3 is 0 Å². The molecular formula is C20H18Cl2N6O4S. The lowest BCUT2D eigenvalue weighted by Crippen LogP contribution is -2.18. The fourth-order valence-corrected chi connectivity index (χ4v) is 3.98. The number of halogens is 2. The van der Waals surface area contributed by atoms with Crippen LogP contribution in [0, 0.1) is 10.1 Å². The molecule has 1 aromatic heterocycles. The molecule has 0 unspecified atom stereocenters. The topological polar surface area (TPSA) is 132 Å². The fraction of sp³-hybridized carbons (Fsp3) is 0.200. The molecule has 172 valence electrons. The van der Waals surface area contributed by atoms with E-state index in [0.717, 1.165) is 11.8 Å². The van der Waals surface area contributed by atoms with Crippen LogP contribution in [0.2, 0.25) is 10.0 Å². The zero-order chi connectivity index (χ0) is 24.0. The summed E-state index contributed by atoms with van der Waals surface area (Å²) in [7, 11) is 0. The molecule has 2 N–H and O–H groups in total. The van der Waals surface area contributed by atoms with Gasteiger partial charge in [0.15, 0.2) is 5.16 Å². The number of benzene rings is 2. The number of nitrogens with zero attached hydrogens (tertiary/aromatic N) is 4. The molecule has 3 rings (SSSR count). The number of carbonyl (C=O) groups is 2. The van der Waals surface area contributed by atoms with Gasteiger partial charge in [0, 0.05) is 18.7 Å². The molecule has 0 atom stereocenters. The third-order valence-corrected chi connectivity index (χ3v) is 5.97. The summed E-state index contributed by atoms with van der Waals surface area (Å²) in [5.41, 5.74) is 0.455. The Kier molecular flexibility index (Phi) is 8.26. The van der Waals surface area contributed by atoms with Crippen LogP contribution in [0.1, 0.15) is 12.7 Å². The predicted molar refractivity (Wildman–Crippen MR) is 127 cm³/mol. The molecule has 0 radical (unpaired) electrons. The van der Waals surface area contributed by atoms with Gasteiger partial charge in [-0.3, -0.25) is 19.7 Å². The van der Waals surface area contributed by atoms with E-state index in [9.17, 15) is 19.7 Å².